The van der Waals surface area contributed by atoms with E-state index in [4.69, 9.17) is 5.73 Å². The molecule has 0 bridgehead atoms. The van der Waals surface area contributed by atoms with Crippen molar-refractivity contribution in [1.82, 2.24) is 15.0 Å². The molecule has 7 nitrogen and oxygen atoms in total. The molecule has 0 atom stereocenters. The van der Waals surface area contributed by atoms with E-state index in [0.717, 1.165) is 35.4 Å². The van der Waals surface area contributed by atoms with Gasteiger partial charge in [0.05, 0.1) is 26.0 Å². The number of guanidine groups is 1. The highest BCUT2D eigenvalue weighted by atomic mass is 15.3. The van der Waals surface area contributed by atoms with Crippen LogP contribution < -0.4 is 20.6 Å². The Morgan fingerprint density at radius 1 is 1.17 bits per heavy atom. The number of hydrazone groups is 1. The number of nitrogens with zero attached hydrogens (tertiary/aromatic N) is 4. The number of hydrogen-bond donors (Lipinski definition) is 3. The number of imidazole rings is 1. The summed E-state index contributed by atoms with van der Waals surface area (Å²) in [7, 11) is 2.07. The van der Waals surface area contributed by atoms with Gasteiger partial charge in [-0.1, -0.05) is 18.2 Å². The predicted octanol–water partition coefficient (Wildman–Crippen LogP) is 0.387. The lowest BCUT2D eigenvalue weighted by Crippen LogP contribution is -2.78. The minimum Gasteiger partial charge on any atom is -0.289 e. The predicted molar refractivity (Wildman–Crippen MR) is 118 cm³/mol. The molecule has 3 heterocycles. The number of rotatable bonds is 6. The molecule has 3 aromatic heterocycles. The summed E-state index contributed by atoms with van der Waals surface area (Å²) in [5, 5.41) is 4.20. The maximum atomic E-state index is 5.92. The molecular formula is C23H25N7+2. The lowest BCUT2D eigenvalue weighted by molar-refractivity contribution is -0.510. The van der Waals surface area contributed by atoms with Gasteiger partial charge in [-0.2, -0.15) is 5.43 Å². The van der Waals surface area contributed by atoms with Gasteiger partial charge in [-0.3, -0.25) is 15.7 Å². The first-order valence-electron chi connectivity index (χ1n) is 9.81. The molecule has 4 aromatic rings. The molecule has 0 unspecified atom stereocenters. The van der Waals surface area contributed by atoms with Crippen molar-refractivity contribution in [2.45, 2.75) is 6.42 Å². The van der Waals surface area contributed by atoms with Gasteiger partial charge in [-0.15, -0.1) is 5.10 Å². The summed E-state index contributed by atoms with van der Waals surface area (Å²) in [6.07, 6.45) is 10.4. The highest BCUT2D eigenvalue weighted by Gasteiger charge is 2.14. The van der Waals surface area contributed by atoms with Crippen molar-refractivity contribution < 1.29 is 9.39 Å². The Hall–Kier alpha value is -4.00. The summed E-state index contributed by atoms with van der Waals surface area (Å²) in [6.45, 7) is 0.718. The number of fused-ring (bicyclic) bond motifs is 1. The molecule has 1 aromatic carbocycles. The summed E-state index contributed by atoms with van der Waals surface area (Å²) in [4.78, 5) is 7.12. The maximum Gasteiger partial charge on any atom is 0.365 e. The fourth-order valence-electron chi connectivity index (χ4n) is 3.30. The normalized spacial score (nSPS) is 12.0. The highest BCUT2D eigenvalue weighted by Crippen LogP contribution is 2.19. The lowest BCUT2D eigenvalue weighted by atomic mass is 10.1. The van der Waals surface area contributed by atoms with Gasteiger partial charge in [0.25, 0.3) is 5.65 Å². The summed E-state index contributed by atoms with van der Waals surface area (Å²) in [5.41, 5.74) is 14.4. The molecule has 0 fully saturated rings. The Labute approximate surface area is 175 Å². The van der Waals surface area contributed by atoms with Crippen LogP contribution in [-0.2, 0) is 13.5 Å². The van der Waals surface area contributed by atoms with Crippen molar-refractivity contribution >= 4 is 17.8 Å². The van der Waals surface area contributed by atoms with Crippen LogP contribution in [0, 0.1) is 0 Å². The zero-order valence-corrected chi connectivity index (χ0v) is 16.9. The van der Waals surface area contributed by atoms with E-state index in [1.807, 2.05) is 36.4 Å². The average molecular weight is 400 g/mol. The molecule has 30 heavy (non-hydrogen) atoms. The Morgan fingerprint density at radius 2 is 1.97 bits per heavy atom. The van der Waals surface area contributed by atoms with Gasteiger partial charge in [0, 0.05) is 30.4 Å². The zero-order valence-electron chi connectivity index (χ0n) is 16.9. The van der Waals surface area contributed by atoms with Crippen LogP contribution in [0.2, 0.25) is 0 Å². The molecule has 4 N–H and O–H groups in total. The van der Waals surface area contributed by atoms with E-state index in [9.17, 15) is 0 Å². The number of hydrogen-bond acceptors (Lipinski definition) is 2. The third-order valence-electron chi connectivity index (χ3n) is 4.92. The van der Waals surface area contributed by atoms with Crippen LogP contribution in [0.15, 0.2) is 84.5 Å². The van der Waals surface area contributed by atoms with Crippen LogP contribution in [-0.4, -0.2) is 28.3 Å². The Kier molecular flexibility index (Phi) is 5.80. The number of nitrogens with one attached hydrogen (secondary N) is 2. The van der Waals surface area contributed by atoms with Crippen molar-refractivity contribution in [2.24, 2.45) is 17.9 Å². The van der Waals surface area contributed by atoms with E-state index in [1.165, 1.54) is 5.56 Å². The van der Waals surface area contributed by atoms with E-state index in [1.54, 1.807) is 18.6 Å². The molecule has 150 valence electrons. The van der Waals surface area contributed by atoms with Crippen LogP contribution in [0.1, 0.15) is 11.1 Å². The number of aromatic nitrogens is 3. The smallest absolute Gasteiger partial charge is 0.289 e. The third-order valence-corrected chi connectivity index (χ3v) is 4.92. The topological polar surface area (TPSA) is 86.3 Å². The summed E-state index contributed by atoms with van der Waals surface area (Å²) in [6, 6.07) is 18.4. The van der Waals surface area contributed by atoms with Gasteiger partial charge in [-0.05, 0) is 41.5 Å². The number of pyridine rings is 2. The summed E-state index contributed by atoms with van der Waals surface area (Å²) in [5.74, 6) is 0.421. The first-order valence-corrected chi connectivity index (χ1v) is 9.81. The lowest BCUT2D eigenvalue weighted by Gasteiger charge is -1.99. The van der Waals surface area contributed by atoms with Gasteiger partial charge < -0.3 is 0 Å². The molecule has 4 rings (SSSR count). The van der Waals surface area contributed by atoms with E-state index in [0.29, 0.717) is 5.96 Å². The minimum absolute atomic E-state index is 0.421. The van der Waals surface area contributed by atoms with Gasteiger partial charge in [0.1, 0.15) is 6.20 Å². The molecule has 0 radical (unpaired) electrons. The van der Waals surface area contributed by atoms with Gasteiger partial charge in [0.2, 0.25) is 0 Å². The Morgan fingerprint density at radius 3 is 2.73 bits per heavy atom. The Balaban J connectivity index is 1.35. The van der Waals surface area contributed by atoms with Crippen molar-refractivity contribution in [3.8, 4) is 11.3 Å². The summed E-state index contributed by atoms with van der Waals surface area (Å²) < 4.78 is 4.30. The van der Waals surface area contributed by atoms with Crippen molar-refractivity contribution in [3.63, 3.8) is 0 Å². The molecule has 7 heteroatoms. The number of nitrogens with two attached hydrogens (primary N) is 1. The van der Waals surface area contributed by atoms with Crippen LogP contribution in [0.3, 0.4) is 0 Å². The van der Waals surface area contributed by atoms with Crippen LogP contribution in [0.5, 0.6) is 0 Å². The fraction of sp³-hybridized carbons (Fsp3) is 0.130. The second-order valence-corrected chi connectivity index (χ2v) is 6.98. The van der Waals surface area contributed by atoms with Crippen LogP contribution in [0.4, 0.5) is 0 Å². The van der Waals surface area contributed by atoms with Gasteiger partial charge in [0.15, 0.2) is 5.69 Å². The zero-order chi connectivity index (χ0) is 20.8. The molecule has 0 saturated carbocycles. The second-order valence-electron chi connectivity index (χ2n) is 6.98. The monoisotopic (exact) mass is 399 g/mol. The van der Waals surface area contributed by atoms with Crippen molar-refractivity contribution in [2.75, 3.05) is 6.54 Å². The third kappa shape index (κ3) is 4.52. The number of benzene rings is 1. The fourth-order valence-corrected chi connectivity index (χ4v) is 3.30. The molecule has 0 saturated heterocycles. The van der Waals surface area contributed by atoms with Crippen LogP contribution in [0.25, 0.3) is 16.9 Å². The van der Waals surface area contributed by atoms with E-state index in [2.05, 4.69) is 67.1 Å². The standard InChI is InChI=1S/C23H24N7/c1-29-21(17-30-15-3-2-4-22(29)30)20-7-5-19(6-8-20)16-27-28-23(24)26-14-11-18-9-12-25-13-10-18/h2-10,12-13,15-17H,11,14H2,1H3,(H3,24,26,28)/q+1/p+1/b27-16-. The van der Waals surface area contributed by atoms with Crippen molar-refractivity contribution in [3.05, 3.63) is 90.5 Å². The van der Waals surface area contributed by atoms with E-state index < -0.39 is 0 Å². The molecular weight excluding hydrogens is 374 g/mol. The quantitative estimate of drug-likeness (QED) is 0.190. The van der Waals surface area contributed by atoms with E-state index >= 15 is 0 Å². The number of aryl methyl sites for hydroxylation is 1. The largest absolute Gasteiger partial charge is 0.365 e. The first-order chi connectivity index (χ1) is 14.7. The Bertz CT molecular complexity index is 1180. The first kappa shape index (κ1) is 19.3. The minimum atomic E-state index is 0.421. The van der Waals surface area contributed by atoms with Crippen LogP contribution >= 0.6 is 0 Å². The SMILES string of the molecule is Cn1c(-c2ccc(/C=N\NC(N)=[NH+]CCc3ccncc3)cc2)c[n+]2ccccc12. The van der Waals surface area contributed by atoms with Gasteiger partial charge >= 0.3 is 5.96 Å². The molecule has 0 aliphatic rings. The molecule has 0 aliphatic heterocycles. The molecule has 0 spiro atoms. The van der Waals surface area contributed by atoms with Gasteiger partial charge in [-0.25, -0.2) is 8.97 Å². The molecule has 0 aliphatic carbocycles. The highest BCUT2D eigenvalue weighted by molar-refractivity contribution is 5.82. The van der Waals surface area contributed by atoms with E-state index in [-0.39, 0.29) is 0 Å². The second kappa shape index (κ2) is 9.00. The maximum absolute atomic E-state index is 5.92. The van der Waals surface area contributed by atoms with Crippen molar-refractivity contribution in [1.29, 1.82) is 0 Å². The molecule has 0 amide bonds. The average Bonchev–Trinajstić information content (AvgIpc) is 3.12. The summed E-state index contributed by atoms with van der Waals surface area (Å²) >= 11 is 0.